The van der Waals surface area contributed by atoms with Gasteiger partial charge in [-0.25, -0.2) is 0 Å². The zero-order valence-electron chi connectivity index (χ0n) is 13.0. The minimum atomic E-state index is -0.807. The zero-order chi connectivity index (χ0) is 15.1. The first kappa shape index (κ1) is 15.0. The molecule has 0 amide bonds. The van der Waals surface area contributed by atoms with Crippen LogP contribution in [0.25, 0.3) is 0 Å². The van der Waals surface area contributed by atoms with Crippen LogP contribution in [0.4, 0.5) is 0 Å². The molecule has 1 aromatic rings. The van der Waals surface area contributed by atoms with E-state index in [-0.39, 0.29) is 12.1 Å². The summed E-state index contributed by atoms with van der Waals surface area (Å²) in [5.74, 6) is -0.744. The normalized spacial score (nSPS) is 26.4. The third-order valence-electron chi connectivity index (χ3n) is 4.50. The van der Waals surface area contributed by atoms with Crippen LogP contribution in [0.5, 0.6) is 0 Å². The summed E-state index contributed by atoms with van der Waals surface area (Å²) in [6.45, 7) is 10.1. The summed E-state index contributed by atoms with van der Waals surface area (Å²) in [6, 6.07) is 0.330. The lowest BCUT2D eigenvalue weighted by Gasteiger charge is -2.28. The fraction of sp³-hybridized carbons (Fsp3) is 0.733. The van der Waals surface area contributed by atoms with Crippen molar-refractivity contribution in [3.8, 4) is 0 Å². The van der Waals surface area contributed by atoms with Crippen molar-refractivity contribution in [2.24, 2.45) is 0 Å². The first-order valence-electron chi connectivity index (χ1n) is 7.30. The number of hydrogen-bond acceptors (Lipinski definition) is 3. The molecule has 20 heavy (non-hydrogen) atoms. The second kappa shape index (κ2) is 5.20. The Morgan fingerprint density at radius 2 is 2.10 bits per heavy atom. The Morgan fingerprint density at radius 1 is 1.45 bits per heavy atom. The van der Waals surface area contributed by atoms with Crippen molar-refractivity contribution in [2.75, 3.05) is 0 Å². The zero-order valence-corrected chi connectivity index (χ0v) is 13.0. The third kappa shape index (κ3) is 2.46. The van der Waals surface area contributed by atoms with Gasteiger partial charge in [-0.3, -0.25) is 14.8 Å². The van der Waals surface area contributed by atoms with E-state index in [2.05, 4.69) is 24.3 Å². The highest BCUT2D eigenvalue weighted by Crippen LogP contribution is 2.39. The molecule has 0 aliphatic heterocycles. The standard InChI is InChI=1S/C15H25N3O2/c1-9(2)16-15(14(19)20)7-6-13(8-15)18-12(5)10(3)11(4)17-18/h9,13,16H,6-8H2,1-5H3,(H,19,20). The lowest BCUT2D eigenvalue weighted by Crippen LogP contribution is -2.53. The Labute approximate surface area is 120 Å². The van der Waals surface area contributed by atoms with Gasteiger partial charge in [0.15, 0.2) is 0 Å². The largest absolute Gasteiger partial charge is 0.480 e. The second-order valence-electron chi connectivity index (χ2n) is 6.32. The molecule has 0 radical (unpaired) electrons. The van der Waals surface area contributed by atoms with Gasteiger partial charge >= 0.3 is 5.97 Å². The Balaban J connectivity index is 2.26. The van der Waals surface area contributed by atoms with Crippen molar-refractivity contribution >= 4 is 5.97 Å². The Hall–Kier alpha value is -1.36. The van der Waals surface area contributed by atoms with E-state index in [0.29, 0.717) is 12.8 Å². The number of carboxylic acid groups (broad SMARTS) is 1. The summed E-state index contributed by atoms with van der Waals surface area (Å²) in [5, 5.41) is 17.5. The molecule has 0 spiro atoms. The predicted molar refractivity (Wildman–Crippen MR) is 78.0 cm³/mol. The summed E-state index contributed by atoms with van der Waals surface area (Å²) < 4.78 is 2.03. The molecule has 2 rings (SSSR count). The van der Waals surface area contributed by atoms with Crippen molar-refractivity contribution in [1.29, 1.82) is 0 Å². The lowest BCUT2D eigenvalue weighted by molar-refractivity contribution is -0.145. The van der Waals surface area contributed by atoms with Gasteiger partial charge in [-0.05, 0) is 59.4 Å². The molecule has 1 aliphatic carbocycles. The molecule has 1 heterocycles. The number of hydrogen-bond donors (Lipinski definition) is 2. The van der Waals surface area contributed by atoms with Crippen molar-refractivity contribution < 1.29 is 9.90 Å². The second-order valence-corrected chi connectivity index (χ2v) is 6.32. The average molecular weight is 279 g/mol. The number of aromatic nitrogens is 2. The molecule has 2 unspecified atom stereocenters. The molecule has 2 N–H and O–H groups in total. The summed E-state index contributed by atoms with van der Waals surface area (Å²) in [7, 11) is 0. The van der Waals surface area contributed by atoms with Gasteiger partial charge < -0.3 is 5.11 Å². The van der Waals surface area contributed by atoms with Crippen LogP contribution in [0.2, 0.25) is 0 Å². The van der Waals surface area contributed by atoms with E-state index in [1.165, 1.54) is 5.56 Å². The van der Waals surface area contributed by atoms with E-state index in [4.69, 9.17) is 0 Å². The van der Waals surface area contributed by atoms with Crippen LogP contribution in [0.3, 0.4) is 0 Å². The van der Waals surface area contributed by atoms with E-state index < -0.39 is 11.5 Å². The molecule has 2 atom stereocenters. The summed E-state index contributed by atoms with van der Waals surface area (Å²) in [5.41, 5.74) is 2.58. The maximum Gasteiger partial charge on any atom is 0.323 e. The van der Waals surface area contributed by atoms with Crippen LogP contribution in [0, 0.1) is 20.8 Å². The molecular formula is C15H25N3O2. The fourth-order valence-electron chi connectivity index (χ4n) is 3.27. The van der Waals surface area contributed by atoms with Crippen molar-refractivity contribution in [3.63, 3.8) is 0 Å². The quantitative estimate of drug-likeness (QED) is 0.888. The highest BCUT2D eigenvalue weighted by atomic mass is 16.4. The van der Waals surface area contributed by atoms with E-state index in [1.807, 2.05) is 25.5 Å². The molecule has 1 aliphatic rings. The summed E-state index contributed by atoms with van der Waals surface area (Å²) in [4.78, 5) is 11.7. The molecule has 0 aromatic carbocycles. The number of nitrogens with zero attached hydrogens (tertiary/aromatic N) is 2. The molecule has 112 valence electrons. The molecule has 0 bridgehead atoms. The molecule has 0 saturated heterocycles. The number of aliphatic carboxylic acids is 1. The minimum absolute atomic E-state index is 0.159. The van der Waals surface area contributed by atoms with Gasteiger partial charge in [0.25, 0.3) is 0 Å². The van der Waals surface area contributed by atoms with E-state index in [9.17, 15) is 9.90 Å². The van der Waals surface area contributed by atoms with E-state index in [1.54, 1.807) is 0 Å². The monoisotopic (exact) mass is 279 g/mol. The number of carboxylic acids is 1. The minimum Gasteiger partial charge on any atom is -0.480 e. The van der Waals surface area contributed by atoms with Crippen LogP contribution in [0.1, 0.15) is 56.1 Å². The number of nitrogens with one attached hydrogen (secondary N) is 1. The Kier molecular flexibility index (Phi) is 3.91. The highest BCUT2D eigenvalue weighted by Gasteiger charge is 2.46. The summed E-state index contributed by atoms with van der Waals surface area (Å²) >= 11 is 0. The molecule has 5 heteroatoms. The molecule has 1 saturated carbocycles. The molecule has 1 aromatic heterocycles. The summed E-state index contributed by atoms with van der Waals surface area (Å²) in [6.07, 6.45) is 2.11. The number of rotatable bonds is 4. The Morgan fingerprint density at radius 3 is 2.55 bits per heavy atom. The maximum absolute atomic E-state index is 11.7. The van der Waals surface area contributed by atoms with Crippen LogP contribution in [0.15, 0.2) is 0 Å². The van der Waals surface area contributed by atoms with E-state index >= 15 is 0 Å². The lowest BCUT2D eigenvalue weighted by atomic mass is 9.96. The van der Waals surface area contributed by atoms with Gasteiger partial charge in [-0.2, -0.15) is 5.10 Å². The third-order valence-corrected chi connectivity index (χ3v) is 4.50. The first-order chi connectivity index (χ1) is 9.27. The van der Waals surface area contributed by atoms with Crippen molar-refractivity contribution in [2.45, 2.75) is 71.5 Å². The predicted octanol–water partition coefficient (Wildman–Crippen LogP) is 2.35. The van der Waals surface area contributed by atoms with Crippen molar-refractivity contribution in [3.05, 3.63) is 17.0 Å². The van der Waals surface area contributed by atoms with Crippen LogP contribution in [-0.2, 0) is 4.79 Å². The maximum atomic E-state index is 11.7. The van der Waals surface area contributed by atoms with E-state index in [0.717, 1.165) is 17.8 Å². The fourth-order valence-corrected chi connectivity index (χ4v) is 3.27. The van der Waals surface area contributed by atoms with Gasteiger partial charge in [0.2, 0.25) is 0 Å². The topological polar surface area (TPSA) is 67.2 Å². The van der Waals surface area contributed by atoms with Crippen LogP contribution >= 0.6 is 0 Å². The average Bonchev–Trinajstić information content (AvgIpc) is 2.87. The first-order valence-corrected chi connectivity index (χ1v) is 7.30. The van der Waals surface area contributed by atoms with Crippen LogP contribution < -0.4 is 5.32 Å². The SMILES string of the molecule is Cc1nn(C2CCC(NC(C)C)(C(=O)O)C2)c(C)c1C. The molecular weight excluding hydrogens is 254 g/mol. The van der Waals surface area contributed by atoms with Gasteiger partial charge in [0.1, 0.15) is 5.54 Å². The number of aryl methyl sites for hydroxylation is 1. The Bertz CT molecular complexity index is 521. The van der Waals surface area contributed by atoms with Gasteiger partial charge in [0.05, 0.1) is 11.7 Å². The van der Waals surface area contributed by atoms with Gasteiger partial charge in [-0.1, -0.05) is 0 Å². The van der Waals surface area contributed by atoms with Crippen molar-refractivity contribution in [1.82, 2.24) is 15.1 Å². The van der Waals surface area contributed by atoms with Gasteiger partial charge in [0, 0.05) is 11.7 Å². The highest BCUT2D eigenvalue weighted by molar-refractivity contribution is 5.79. The smallest absolute Gasteiger partial charge is 0.323 e. The van der Waals surface area contributed by atoms with Gasteiger partial charge in [-0.15, -0.1) is 0 Å². The number of carbonyl (C=O) groups is 1. The van der Waals surface area contributed by atoms with Crippen LogP contribution in [-0.4, -0.2) is 32.4 Å². The molecule has 5 nitrogen and oxygen atoms in total. The molecule has 1 fully saturated rings.